The van der Waals surface area contributed by atoms with E-state index in [4.69, 9.17) is 43.8 Å². The molecule has 9 nitrogen and oxygen atoms in total. The van der Waals surface area contributed by atoms with E-state index in [0.29, 0.717) is 25.2 Å². The van der Waals surface area contributed by atoms with Gasteiger partial charge in [-0.3, -0.25) is 19.1 Å². The van der Waals surface area contributed by atoms with Crippen molar-refractivity contribution in [1.29, 1.82) is 5.41 Å². The second kappa shape index (κ2) is 11.0. The molecule has 3 rings (SSSR count). The van der Waals surface area contributed by atoms with Crippen molar-refractivity contribution in [2.24, 2.45) is 0 Å². The van der Waals surface area contributed by atoms with Crippen molar-refractivity contribution >= 4 is 41.1 Å². The van der Waals surface area contributed by atoms with Gasteiger partial charge >= 0.3 is 0 Å². The Kier molecular flexibility index (Phi) is 8.33. The van der Waals surface area contributed by atoms with Crippen LogP contribution in [0.25, 0.3) is 11.1 Å². The lowest BCUT2D eigenvalue weighted by Crippen LogP contribution is -2.55. The minimum atomic E-state index is -0.447. The molecule has 1 aliphatic rings. The van der Waals surface area contributed by atoms with Gasteiger partial charge in [0.05, 0.1) is 29.8 Å². The van der Waals surface area contributed by atoms with Gasteiger partial charge in [-0.15, -0.1) is 0 Å². The second-order valence-electron chi connectivity index (χ2n) is 8.00. The van der Waals surface area contributed by atoms with Gasteiger partial charge in [0.2, 0.25) is 0 Å². The first kappa shape index (κ1) is 26.4. The number of hydrogen-bond donors (Lipinski definition) is 2. The van der Waals surface area contributed by atoms with E-state index in [2.05, 4.69) is 16.7 Å². The molecule has 1 unspecified atom stereocenters. The van der Waals surface area contributed by atoms with Crippen molar-refractivity contribution in [1.82, 2.24) is 14.4 Å². The van der Waals surface area contributed by atoms with Gasteiger partial charge in [0.15, 0.2) is 0 Å². The van der Waals surface area contributed by atoms with E-state index in [1.807, 2.05) is 7.05 Å². The Balaban J connectivity index is 2.16. The molecule has 1 atom stereocenters. The number of nitrogens with one attached hydrogen (secondary N) is 1. The number of nitrogen functional groups attached to an aromatic ring is 1. The number of nitrogens with two attached hydrogens (primary N) is 1. The van der Waals surface area contributed by atoms with Crippen LogP contribution in [0.4, 0.5) is 5.82 Å². The number of ether oxygens (including phenoxy) is 2. The lowest BCUT2D eigenvalue weighted by Gasteiger charge is -2.39. The molecule has 0 saturated carbocycles. The summed E-state index contributed by atoms with van der Waals surface area (Å²) in [6.45, 7) is 3.30. The lowest BCUT2D eigenvalue weighted by molar-refractivity contribution is -0.127. The van der Waals surface area contributed by atoms with Crippen LogP contribution in [-0.2, 0) is 11.3 Å². The minimum Gasteiger partial charge on any atom is -0.495 e. The predicted molar refractivity (Wildman–Crippen MR) is 138 cm³/mol. The van der Waals surface area contributed by atoms with E-state index in [9.17, 15) is 9.59 Å². The van der Waals surface area contributed by atoms with Gasteiger partial charge in [-0.25, -0.2) is 0 Å². The molecule has 1 amide bonds. The monoisotopic (exact) mass is 519 g/mol. The molecule has 1 aromatic carbocycles. The zero-order valence-electron chi connectivity index (χ0n) is 19.9. The number of amides is 1. The zero-order chi connectivity index (χ0) is 25.9. The molecule has 1 saturated heterocycles. The average Bonchev–Trinajstić information content (AvgIpc) is 2.84. The van der Waals surface area contributed by atoms with Crippen molar-refractivity contribution < 1.29 is 14.3 Å². The number of likely N-dealkylation sites (N-methyl/N-ethyl adjacent to an activating group) is 1. The number of carbonyl (C=O) groups excluding carboxylic acids is 1. The third-order valence-corrected chi connectivity index (χ3v) is 6.80. The summed E-state index contributed by atoms with van der Waals surface area (Å²) in [5, 5.41) is 8.12. The number of benzene rings is 1. The number of halogens is 2. The van der Waals surface area contributed by atoms with Crippen LogP contribution < -0.4 is 20.8 Å². The van der Waals surface area contributed by atoms with E-state index in [1.54, 1.807) is 11.8 Å². The topological polar surface area (TPSA) is 114 Å². The normalized spacial score (nSPS) is 15.8. The fourth-order valence-electron chi connectivity index (χ4n) is 4.02. The van der Waals surface area contributed by atoms with E-state index in [1.165, 1.54) is 30.9 Å². The predicted octanol–water partition coefficient (Wildman–Crippen LogP) is 2.59. The van der Waals surface area contributed by atoms with Crippen LogP contribution in [0.2, 0.25) is 10.0 Å². The molecule has 1 aromatic heterocycles. The number of nitrogens with zero attached hydrogens (tertiary/aromatic N) is 3. The number of piperazine rings is 1. The maximum absolute atomic E-state index is 13.7. The smallest absolute Gasteiger partial charge is 0.298 e. The lowest BCUT2D eigenvalue weighted by atomic mass is 10.0. The Labute approximate surface area is 213 Å². The summed E-state index contributed by atoms with van der Waals surface area (Å²) >= 11 is 13.1. The molecule has 2 aromatic rings. The highest BCUT2D eigenvalue weighted by molar-refractivity contribution is 6.41. The standard InChI is InChI=1S/C24H27Cl2N5O4/c1-5-6-19(32)30-8-7-29(2)15(12-30)13-31-23(28)14(11-27)9-16(24(31)33)20-21(25)17(34-3)10-18(35-4)22(20)26/h9-11,15,27H,7-8,12-13,28H2,1-4H3. The molecule has 1 fully saturated rings. The average molecular weight is 520 g/mol. The largest absolute Gasteiger partial charge is 0.495 e. The molecule has 0 aliphatic carbocycles. The third-order valence-electron chi connectivity index (χ3n) is 6.05. The Morgan fingerprint density at radius 1 is 1.23 bits per heavy atom. The maximum Gasteiger partial charge on any atom is 0.298 e. The molecular formula is C24H27Cl2N5O4. The Bertz CT molecular complexity index is 1250. The number of anilines is 1. The van der Waals surface area contributed by atoms with E-state index >= 15 is 0 Å². The first-order valence-electron chi connectivity index (χ1n) is 10.7. The molecule has 186 valence electrons. The van der Waals surface area contributed by atoms with Gasteiger partial charge in [-0.05, 0) is 26.0 Å². The number of rotatable bonds is 6. The second-order valence-corrected chi connectivity index (χ2v) is 8.76. The SMILES string of the molecule is CC#CC(=O)N1CCN(C)C(Cn2c(N)c(C=N)cc(-c3c(Cl)c(OC)cc(OC)c3Cl)c2=O)C1. The number of methoxy groups -OCH3 is 2. The van der Waals surface area contributed by atoms with Crippen molar-refractivity contribution in [3.8, 4) is 34.5 Å². The molecule has 1 aliphatic heterocycles. The molecule has 0 bridgehead atoms. The number of hydrogen-bond acceptors (Lipinski definition) is 7. The third kappa shape index (κ3) is 5.10. The van der Waals surface area contributed by atoms with Gasteiger partial charge in [0, 0.05) is 55.6 Å². The van der Waals surface area contributed by atoms with Crippen molar-refractivity contribution in [2.45, 2.75) is 19.5 Å². The Morgan fingerprint density at radius 3 is 2.40 bits per heavy atom. The van der Waals surface area contributed by atoms with Crippen molar-refractivity contribution in [2.75, 3.05) is 46.6 Å². The fourth-order valence-corrected chi connectivity index (χ4v) is 4.73. The van der Waals surface area contributed by atoms with Crippen LogP contribution in [0.5, 0.6) is 11.5 Å². The van der Waals surface area contributed by atoms with Crippen molar-refractivity contribution in [3.05, 3.63) is 38.1 Å². The molecular weight excluding hydrogens is 493 g/mol. The van der Waals surface area contributed by atoms with Gasteiger partial charge in [-0.2, -0.15) is 0 Å². The summed E-state index contributed by atoms with van der Waals surface area (Å²) in [7, 11) is 4.80. The van der Waals surface area contributed by atoms with Gasteiger partial charge in [0.1, 0.15) is 17.3 Å². The molecule has 0 spiro atoms. The van der Waals surface area contributed by atoms with E-state index in [0.717, 1.165) is 6.21 Å². The van der Waals surface area contributed by atoms with E-state index < -0.39 is 5.56 Å². The summed E-state index contributed by atoms with van der Waals surface area (Å²) < 4.78 is 12.1. The van der Waals surface area contributed by atoms with E-state index in [-0.39, 0.29) is 57.0 Å². The van der Waals surface area contributed by atoms with Crippen LogP contribution in [-0.4, -0.2) is 73.4 Å². The minimum absolute atomic E-state index is 0.126. The highest BCUT2D eigenvalue weighted by Crippen LogP contribution is 2.45. The number of carbonyl (C=O) groups is 1. The van der Waals surface area contributed by atoms with Crippen LogP contribution in [0, 0.1) is 17.3 Å². The first-order valence-corrected chi connectivity index (χ1v) is 11.5. The molecule has 0 radical (unpaired) electrons. The summed E-state index contributed by atoms with van der Waals surface area (Å²) in [5.41, 5.74) is 6.55. The van der Waals surface area contributed by atoms with Crippen LogP contribution >= 0.6 is 23.2 Å². The van der Waals surface area contributed by atoms with Crippen LogP contribution in [0.15, 0.2) is 16.9 Å². The molecule has 3 N–H and O–H groups in total. The summed E-state index contributed by atoms with van der Waals surface area (Å²) in [6.07, 6.45) is 1.06. The van der Waals surface area contributed by atoms with Crippen molar-refractivity contribution in [3.63, 3.8) is 0 Å². The maximum atomic E-state index is 13.7. The first-order chi connectivity index (χ1) is 16.7. The van der Waals surface area contributed by atoms with Crippen LogP contribution in [0.3, 0.4) is 0 Å². The Morgan fingerprint density at radius 2 is 1.86 bits per heavy atom. The van der Waals surface area contributed by atoms with Gasteiger partial charge in [-0.1, -0.05) is 29.1 Å². The molecule has 35 heavy (non-hydrogen) atoms. The summed E-state index contributed by atoms with van der Waals surface area (Å²) in [5.74, 6) is 5.61. The number of pyridine rings is 1. The van der Waals surface area contributed by atoms with Gasteiger partial charge in [0.25, 0.3) is 11.5 Å². The summed E-state index contributed by atoms with van der Waals surface area (Å²) in [4.78, 5) is 29.8. The summed E-state index contributed by atoms with van der Waals surface area (Å²) in [6, 6.07) is 2.79. The Hall–Kier alpha value is -3.19. The highest BCUT2D eigenvalue weighted by atomic mass is 35.5. The number of aromatic nitrogens is 1. The quantitative estimate of drug-likeness (QED) is 0.447. The highest BCUT2D eigenvalue weighted by Gasteiger charge is 2.29. The zero-order valence-corrected chi connectivity index (χ0v) is 21.5. The van der Waals surface area contributed by atoms with Gasteiger partial charge < -0.3 is 25.5 Å². The fraction of sp³-hybridized carbons (Fsp3) is 0.375. The van der Waals surface area contributed by atoms with Crippen LogP contribution in [0.1, 0.15) is 12.5 Å². The molecule has 11 heteroatoms. The molecule has 2 heterocycles.